The first-order valence-corrected chi connectivity index (χ1v) is 9.48. The van der Waals surface area contributed by atoms with Gasteiger partial charge in [0, 0.05) is 17.1 Å². The molecule has 0 aliphatic carbocycles. The molecule has 0 radical (unpaired) electrons. The fourth-order valence-corrected chi connectivity index (χ4v) is 4.14. The summed E-state index contributed by atoms with van der Waals surface area (Å²) in [4.78, 5) is 10.6. The van der Waals surface area contributed by atoms with Gasteiger partial charge in [0.05, 0.1) is 17.4 Å². The van der Waals surface area contributed by atoms with Crippen molar-refractivity contribution >= 4 is 22.7 Å². The number of aryl methyl sites for hydroxylation is 3. The van der Waals surface area contributed by atoms with Crippen molar-refractivity contribution in [1.29, 1.82) is 0 Å². The third-order valence-electron chi connectivity index (χ3n) is 3.84. The topological polar surface area (TPSA) is 37.8 Å². The third kappa shape index (κ3) is 4.25. The van der Waals surface area contributed by atoms with E-state index in [2.05, 4.69) is 53.1 Å². The summed E-state index contributed by atoms with van der Waals surface area (Å²) in [5.41, 5.74) is 4.62. The molecule has 1 N–H and O–H groups in total. The van der Waals surface area contributed by atoms with Crippen molar-refractivity contribution in [2.45, 2.75) is 39.8 Å². The number of thiazole rings is 1. The van der Waals surface area contributed by atoms with Gasteiger partial charge in [-0.2, -0.15) is 11.3 Å². The highest BCUT2D eigenvalue weighted by Gasteiger charge is 2.17. The number of hydrogen-bond acceptors (Lipinski definition) is 5. The maximum Gasteiger partial charge on any atom is 0.110 e. The van der Waals surface area contributed by atoms with Crippen LogP contribution >= 0.6 is 22.7 Å². The summed E-state index contributed by atoms with van der Waals surface area (Å²) in [5, 5.41) is 9.16. The van der Waals surface area contributed by atoms with Gasteiger partial charge in [-0.1, -0.05) is 6.07 Å². The van der Waals surface area contributed by atoms with Crippen molar-refractivity contribution in [2.24, 2.45) is 0 Å². The Morgan fingerprint density at radius 1 is 1.13 bits per heavy atom. The van der Waals surface area contributed by atoms with E-state index in [1.807, 2.05) is 13.0 Å². The number of nitrogens with one attached hydrogen (secondary N) is 1. The summed E-state index contributed by atoms with van der Waals surface area (Å²) < 4.78 is 0. The van der Waals surface area contributed by atoms with Crippen LogP contribution in [0.3, 0.4) is 0 Å². The molecule has 3 aromatic rings. The highest BCUT2D eigenvalue weighted by atomic mass is 32.1. The first-order valence-electron chi connectivity index (χ1n) is 7.73. The maximum absolute atomic E-state index is 4.76. The molecule has 0 aromatic carbocycles. The molecule has 5 heteroatoms. The van der Waals surface area contributed by atoms with Crippen LogP contribution in [0, 0.1) is 20.8 Å². The summed E-state index contributed by atoms with van der Waals surface area (Å²) in [6, 6.07) is 8.58. The van der Waals surface area contributed by atoms with Crippen LogP contribution < -0.4 is 5.32 Å². The molecule has 0 spiro atoms. The Morgan fingerprint density at radius 2 is 2.00 bits per heavy atom. The number of rotatable bonds is 6. The van der Waals surface area contributed by atoms with Crippen molar-refractivity contribution in [3.8, 4) is 0 Å². The van der Waals surface area contributed by atoms with Crippen LogP contribution in [0.1, 0.15) is 38.6 Å². The Hall–Kier alpha value is -1.56. The predicted molar refractivity (Wildman–Crippen MR) is 98.2 cm³/mol. The van der Waals surface area contributed by atoms with Crippen LogP contribution in [0.2, 0.25) is 0 Å². The second kappa shape index (κ2) is 7.34. The SMILES string of the molecule is Cc1cccc(CN[C@H](Cc2ccsc2)c2nc(C)c(C)s2)n1. The van der Waals surface area contributed by atoms with E-state index in [1.165, 1.54) is 15.4 Å². The number of nitrogens with zero attached hydrogens (tertiary/aromatic N) is 2. The quantitative estimate of drug-likeness (QED) is 0.711. The van der Waals surface area contributed by atoms with Crippen LogP contribution in [0.15, 0.2) is 35.0 Å². The molecule has 0 saturated carbocycles. The second-order valence-electron chi connectivity index (χ2n) is 5.73. The van der Waals surface area contributed by atoms with E-state index < -0.39 is 0 Å². The highest BCUT2D eigenvalue weighted by molar-refractivity contribution is 7.11. The van der Waals surface area contributed by atoms with Gasteiger partial charge in [-0.3, -0.25) is 4.98 Å². The number of hydrogen-bond donors (Lipinski definition) is 1. The van der Waals surface area contributed by atoms with E-state index >= 15 is 0 Å². The normalized spacial score (nSPS) is 12.5. The molecule has 3 heterocycles. The van der Waals surface area contributed by atoms with Gasteiger partial charge in [-0.15, -0.1) is 11.3 Å². The molecule has 3 aromatic heterocycles. The zero-order chi connectivity index (χ0) is 16.2. The number of thiophene rings is 1. The zero-order valence-electron chi connectivity index (χ0n) is 13.7. The Kier molecular flexibility index (Phi) is 5.20. The minimum atomic E-state index is 0.226. The van der Waals surface area contributed by atoms with Crippen molar-refractivity contribution in [3.05, 3.63) is 67.6 Å². The minimum absolute atomic E-state index is 0.226. The lowest BCUT2D eigenvalue weighted by molar-refractivity contribution is 0.522. The standard InChI is InChI=1S/C18H21N3S2/c1-12-5-4-6-16(20-12)10-19-17(9-15-7-8-22-11-15)18-21-13(2)14(3)23-18/h4-8,11,17,19H,9-10H2,1-3H3/t17-/m1/s1. The number of pyridine rings is 1. The van der Waals surface area contributed by atoms with Gasteiger partial charge in [0.15, 0.2) is 0 Å². The summed E-state index contributed by atoms with van der Waals surface area (Å²) in [6.45, 7) is 7.01. The van der Waals surface area contributed by atoms with Crippen LogP contribution in [0.4, 0.5) is 0 Å². The van der Waals surface area contributed by atoms with Gasteiger partial charge in [0.25, 0.3) is 0 Å². The van der Waals surface area contributed by atoms with Crippen molar-refractivity contribution < 1.29 is 0 Å². The van der Waals surface area contributed by atoms with E-state index in [4.69, 9.17) is 4.98 Å². The van der Waals surface area contributed by atoms with Gasteiger partial charge in [-0.25, -0.2) is 4.98 Å². The van der Waals surface area contributed by atoms with Crippen molar-refractivity contribution in [2.75, 3.05) is 0 Å². The summed E-state index contributed by atoms with van der Waals surface area (Å²) in [5.74, 6) is 0. The van der Waals surface area contributed by atoms with E-state index in [1.54, 1.807) is 22.7 Å². The molecule has 0 fully saturated rings. The molecule has 23 heavy (non-hydrogen) atoms. The molecule has 0 bridgehead atoms. The zero-order valence-corrected chi connectivity index (χ0v) is 15.3. The Labute approximate surface area is 145 Å². The lowest BCUT2D eigenvalue weighted by Crippen LogP contribution is -2.23. The van der Waals surface area contributed by atoms with Crippen LogP contribution in [-0.4, -0.2) is 9.97 Å². The molecular weight excluding hydrogens is 322 g/mol. The lowest BCUT2D eigenvalue weighted by Gasteiger charge is -2.16. The van der Waals surface area contributed by atoms with Gasteiger partial charge >= 0.3 is 0 Å². The van der Waals surface area contributed by atoms with E-state index in [0.717, 1.165) is 30.0 Å². The Morgan fingerprint density at radius 3 is 2.65 bits per heavy atom. The molecule has 0 unspecified atom stereocenters. The third-order valence-corrected chi connectivity index (χ3v) is 5.76. The molecule has 120 valence electrons. The van der Waals surface area contributed by atoms with Gasteiger partial charge in [0.1, 0.15) is 5.01 Å². The average molecular weight is 344 g/mol. The van der Waals surface area contributed by atoms with E-state index in [9.17, 15) is 0 Å². The largest absolute Gasteiger partial charge is 0.302 e. The van der Waals surface area contributed by atoms with Crippen LogP contribution in [0.5, 0.6) is 0 Å². The lowest BCUT2D eigenvalue weighted by atomic mass is 10.1. The van der Waals surface area contributed by atoms with Crippen molar-refractivity contribution in [1.82, 2.24) is 15.3 Å². The Balaban J connectivity index is 1.77. The molecule has 0 amide bonds. The van der Waals surface area contributed by atoms with Crippen LogP contribution in [0.25, 0.3) is 0 Å². The molecule has 0 aliphatic heterocycles. The molecule has 0 aliphatic rings. The predicted octanol–water partition coefficient (Wildman–Crippen LogP) is 4.60. The average Bonchev–Trinajstić information content (AvgIpc) is 3.14. The monoisotopic (exact) mass is 343 g/mol. The van der Waals surface area contributed by atoms with Crippen LogP contribution in [-0.2, 0) is 13.0 Å². The van der Waals surface area contributed by atoms with Crippen molar-refractivity contribution in [3.63, 3.8) is 0 Å². The first-order chi connectivity index (χ1) is 11.1. The maximum atomic E-state index is 4.76. The van der Waals surface area contributed by atoms with E-state index in [-0.39, 0.29) is 6.04 Å². The summed E-state index contributed by atoms with van der Waals surface area (Å²) >= 11 is 3.54. The molecule has 3 rings (SSSR count). The smallest absolute Gasteiger partial charge is 0.110 e. The number of aromatic nitrogens is 2. The molecular formula is C18H21N3S2. The summed E-state index contributed by atoms with van der Waals surface area (Å²) in [7, 11) is 0. The van der Waals surface area contributed by atoms with Gasteiger partial charge in [-0.05, 0) is 61.7 Å². The van der Waals surface area contributed by atoms with E-state index in [0.29, 0.717) is 0 Å². The van der Waals surface area contributed by atoms with Gasteiger partial charge < -0.3 is 5.32 Å². The molecule has 3 nitrogen and oxygen atoms in total. The second-order valence-corrected chi connectivity index (χ2v) is 7.75. The highest BCUT2D eigenvalue weighted by Crippen LogP contribution is 2.26. The first kappa shape index (κ1) is 16.3. The minimum Gasteiger partial charge on any atom is -0.302 e. The molecule has 0 saturated heterocycles. The Bertz CT molecular complexity index is 743. The van der Waals surface area contributed by atoms with Gasteiger partial charge in [0.2, 0.25) is 0 Å². The molecule has 1 atom stereocenters. The fourth-order valence-electron chi connectivity index (χ4n) is 2.46. The fraction of sp³-hybridized carbons (Fsp3) is 0.333. The summed E-state index contributed by atoms with van der Waals surface area (Å²) in [6.07, 6.45) is 0.960.